The van der Waals surface area contributed by atoms with Crippen LogP contribution in [0.1, 0.15) is 70.9 Å². The predicted molar refractivity (Wildman–Crippen MR) is 147 cm³/mol. The van der Waals surface area contributed by atoms with Gasteiger partial charge >= 0.3 is 17.1 Å². The Hall–Kier alpha value is -2.49. The standard InChI is InChI=1S/C25H37N3O9SSi/c1-8-20-21(37-39(6,7)25(3,4)5)13-22(35-20)27-14-17(23(26-24(27)29)36-38(32)33)15-34-16(2)18-11-9-10-12-19(18)28(30)31/h9-12,14,16,20-22H,8,13,15H2,1-7H3,(H,32,33)/t16?,20-,21?,22-/m1/s1. The van der Waals surface area contributed by atoms with Crippen LogP contribution >= 0.6 is 0 Å². The maximum atomic E-state index is 12.9. The van der Waals surface area contributed by atoms with Crippen LogP contribution in [0.15, 0.2) is 35.3 Å². The van der Waals surface area contributed by atoms with E-state index in [0.29, 0.717) is 18.4 Å². The van der Waals surface area contributed by atoms with Gasteiger partial charge in [-0.15, -0.1) is 0 Å². The lowest BCUT2D eigenvalue weighted by Gasteiger charge is -2.39. The second-order valence-electron chi connectivity index (χ2n) is 11.0. The Labute approximate surface area is 231 Å². The number of hydrogen-bond acceptors (Lipinski definition) is 9. The van der Waals surface area contributed by atoms with Crippen molar-refractivity contribution >= 4 is 25.4 Å². The largest absolute Gasteiger partial charge is 0.411 e. The van der Waals surface area contributed by atoms with E-state index in [1.54, 1.807) is 25.1 Å². The molecular formula is C25H37N3O9SSi. The number of aromatic nitrogens is 2. The summed E-state index contributed by atoms with van der Waals surface area (Å²) in [6.07, 6.45) is 0.703. The second-order valence-corrected chi connectivity index (χ2v) is 16.4. The Morgan fingerprint density at radius 3 is 2.59 bits per heavy atom. The topological polar surface area (TPSA) is 152 Å². The van der Waals surface area contributed by atoms with E-state index >= 15 is 0 Å². The van der Waals surface area contributed by atoms with E-state index in [9.17, 15) is 23.7 Å². The fraction of sp³-hybridized carbons (Fsp3) is 0.600. The summed E-state index contributed by atoms with van der Waals surface area (Å²) in [6.45, 7) is 14.2. The summed E-state index contributed by atoms with van der Waals surface area (Å²) in [6, 6.07) is 6.19. The number of hydrogen-bond donors (Lipinski definition) is 1. The lowest BCUT2D eigenvalue weighted by molar-refractivity contribution is -0.386. The van der Waals surface area contributed by atoms with E-state index in [1.165, 1.54) is 16.8 Å². The first-order chi connectivity index (χ1) is 18.1. The molecule has 0 aliphatic carbocycles. The first-order valence-electron chi connectivity index (χ1n) is 12.7. The summed E-state index contributed by atoms with van der Waals surface area (Å²) in [5.41, 5.74) is -0.266. The third-order valence-corrected chi connectivity index (χ3v) is 12.1. The highest BCUT2D eigenvalue weighted by Gasteiger charge is 2.44. The minimum Gasteiger partial charge on any atom is -0.411 e. The Kier molecular flexibility index (Phi) is 9.83. The number of rotatable bonds is 11. The molecule has 12 nitrogen and oxygen atoms in total. The van der Waals surface area contributed by atoms with E-state index in [1.807, 2.05) is 6.92 Å². The maximum absolute atomic E-state index is 12.9. The Balaban J connectivity index is 1.89. The van der Waals surface area contributed by atoms with E-state index in [-0.39, 0.29) is 41.0 Å². The van der Waals surface area contributed by atoms with Crippen LogP contribution in [0.4, 0.5) is 5.69 Å². The summed E-state index contributed by atoms with van der Waals surface area (Å²) in [7, 11) is -2.11. The molecule has 1 N–H and O–H groups in total. The molecular weight excluding hydrogens is 546 g/mol. The summed E-state index contributed by atoms with van der Waals surface area (Å²) in [5, 5.41) is 11.4. The SMILES string of the molecule is CC[C@H]1O[C@@H](n2cc(COC(C)c3ccccc3[N+](=O)[O-])c(OS(=O)O)nc2=O)CC1O[Si](C)(C)C(C)(C)C. The molecule has 1 aromatic heterocycles. The Morgan fingerprint density at radius 2 is 2.00 bits per heavy atom. The molecule has 0 radical (unpaired) electrons. The van der Waals surface area contributed by atoms with Crippen LogP contribution in [-0.2, 0) is 31.9 Å². The van der Waals surface area contributed by atoms with Gasteiger partial charge in [0.05, 0.1) is 41.0 Å². The highest BCUT2D eigenvalue weighted by molar-refractivity contribution is 7.74. The molecule has 14 heteroatoms. The first kappa shape index (κ1) is 31.0. The average Bonchev–Trinajstić information content (AvgIpc) is 3.23. The Morgan fingerprint density at radius 1 is 1.33 bits per heavy atom. The van der Waals surface area contributed by atoms with Gasteiger partial charge < -0.3 is 18.1 Å². The lowest BCUT2D eigenvalue weighted by Crippen LogP contribution is -2.45. The van der Waals surface area contributed by atoms with Crippen LogP contribution in [0.5, 0.6) is 5.88 Å². The van der Waals surface area contributed by atoms with Crippen molar-refractivity contribution < 1.29 is 31.8 Å². The number of ether oxygens (including phenoxy) is 2. The first-order valence-corrected chi connectivity index (χ1v) is 16.7. The highest BCUT2D eigenvalue weighted by Crippen LogP contribution is 2.41. The number of para-hydroxylation sites is 1. The molecule has 1 fully saturated rings. The summed E-state index contributed by atoms with van der Waals surface area (Å²) < 4.78 is 45.5. The van der Waals surface area contributed by atoms with Gasteiger partial charge in [0.15, 0.2) is 8.32 Å². The van der Waals surface area contributed by atoms with E-state index in [0.717, 1.165) is 0 Å². The molecule has 3 rings (SSSR count). The number of nitro groups is 1. The van der Waals surface area contributed by atoms with Crippen molar-refractivity contribution in [2.45, 2.75) is 96.7 Å². The van der Waals surface area contributed by atoms with Crippen molar-refractivity contribution in [3.05, 3.63) is 62.2 Å². The second kappa shape index (κ2) is 12.4. The molecule has 2 heterocycles. The van der Waals surface area contributed by atoms with Crippen LogP contribution in [-0.4, -0.2) is 43.8 Å². The van der Waals surface area contributed by atoms with Gasteiger partial charge in [-0.05, 0) is 37.5 Å². The average molecular weight is 584 g/mol. The van der Waals surface area contributed by atoms with Crippen LogP contribution in [0.2, 0.25) is 18.1 Å². The summed E-state index contributed by atoms with van der Waals surface area (Å²) >= 11 is -2.74. The van der Waals surface area contributed by atoms with Crippen LogP contribution in [0, 0.1) is 10.1 Å². The third-order valence-electron chi connectivity index (χ3n) is 7.34. The third kappa shape index (κ3) is 7.38. The van der Waals surface area contributed by atoms with Crippen molar-refractivity contribution in [2.24, 2.45) is 0 Å². The van der Waals surface area contributed by atoms with Crippen molar-refractivity contribution in [3.63, 3.8) is 0 Å². The fourth-order valence-electron chi connectivity index (χ4n) is 4.15. The monoisotopic (exact) mass is 583 g/mol. The molecule has 1 aliphatic heterocycles. The van der Waals surface area contributed by atoms with E-state index in [2.05, 4.69) is 38.8 Å². The smallest absolute Gasteiger partial charge is 0.359 e. The van der Waals surface area contributed by atoms with E-state index < -0.39 is 42.6 Å². The van der Waals surface area contributed by atoms with Crippen molar-refractivity contribution in [1.29, 1.82) is 0 Å². The van der Waals surface area contributed by atoms with E-state index in [4.69, 9.17) is 18.1 Å². The molecule has 5 atom stereocenters. The molecule has 1 aliphatic rings. The number of benzene rings is 1. The molecule has 0 bridgehead atoms. The van der Waals surface area contributed by atoms with Gasteiger partial charge in [0.2, 0.25) is 5.88 Å². The van der Waals surface area contributed by atoms with Crippen molar-refractivity contribution in [1.82, 2.24) is 9.55 Å². The van der Waals surface area contributed by atoms with Crippen molar-refractivity contribution in [2.75, 3.05) is 0 Å². The van der Waals surface area contributed by atoms with Crippen LogP contribution in [0.25, 0.3) is 0 Å². The zero-order valence-corrected chi connectivity index (χ0v) is 25.1. The van der Waals surface area contributed by atoms with Gasteiger partial charge in [-0.1, -0.05) is 39.8 Å². The fourth-order valence-corrected chi connectivity index (χ4v) is 5.79. The molecule has 2 aromatic rings. The zero-order valence-electron chi connectivity index (χ0n) is 23.3. The van der Waals surface area contributed by atoms with Gasteiger partial charge in [-0.2, -0.15) is 9.19 Å². The lowest BCUT2D eigenvalue weighted by atomic mass is 10.1. The normalized spacial score (nSPS) is 21.5. The molecule has 0 spiro atoms. The summed E-state index contributed by atoms with van der Waals surface area (Å²) in [5.74, 6) is -0.369. The van der Waals surface area contributed by atoms with Crippen LogP contribution in [0.3, 0.4) is 0 Å². The van der Waals surface area contributed by atoms with Gasteiger partial charge in [-0.25, -0.2) is 4.79 Å². The highest BCUT2D eigenvalue weighted by atomic mass is 32.2. The summed E-state index contributed by atoms with van der Waals surface area (Å²) in [4.78, 5) is 27.8. The molecule has 216 valence electrons. The van der Waals surface area contributed by atoms with Gasteiger partial charge in [-0.3, -0.25) is 19.2 Å². The maximum Gasteiger partial charge on any atom is 0.359 e. The van der Waals surface area contributed by atoms with Gasteiger partial charge in [0.1, 0.15) is 6.23 Å². The Bertz CT molecular complexity index is 1260. The molecule has 0 amide bonds. The zero-order chi connectivity index (χ0) is 29.1. The van der Waals surface area contributed by atoms with Gasteiger partial charge in [0, 0.05) is 18.7 Å². The van der Waals surface area contributed by atoms with Gasteiger partial charge in [0.25, 0.3) is 5.69 Å². The number of nitro benzene ring substituents is 1. The van der Waals surface area contributed by atoms with Crippen LogP contribution < -0.4 is 9.87 Å². The van der Waals surface area contributed by atoms with Crippen molar-refractivity contribution in [3.8, 4) is 5.88 Å². The minimum absolute atomic E-state index is 0.00424. The number of nitrogens with zero attached hydrogens (tertiary/aromatic N) is 3. The minimum atomic E-state index is -2.74. The molecule has 3 unspecified atom stereocenters. The predicted octanol–water partition coefficient (Wildman–Crippen LogP) is 5.03. The molecule has 39 heavy (non-hydrogen) atoms. The quantitative estimate of drug-likeness (QED) is 0.165. The molecule has 0 saturated carbocycles. The molecule has 1 saturated heterocycles. The molecule has 1 aromatic carbocycles.